The summed E-state index contributed by atoms with van der Waals surface area (Å²) in [6.45, 7) is 13.1. The van der Waals surface area contributed by atoms with Gasteiger partial charge in [0, 0.05) is 44.0 Å². The van der Waals surface area contributed by atoms with Crippen molar-refractivity contribution in [2.75, 3.05) is 50.5 Å². The summed E-state index contributed by atoms with van der Waals surface area (Å²) in [5.74, 6) is -0.188. The van der Waals surface area contributed by atoms with Gasteiger partial charge in [-0.05, 0) is 80.9 Å². The zero-order valence-corrected chi connectivity index (χ0v) is 20.0. The number of nitrogens with one attached hydrogen (secondary N) is 2. The predicted octanol–water partition coefficient (Wildman–Crippen LogP) is 2.86. The van der Waals surface area contributed by atoms with Gasteiger partial charge in [-0.15, -0.1) is 0 Å². The third kappa shape index (κ3) is 6.54. The normalized spacial score (nSPS) is 15.5. The van der Waals surface area contributed by atoms with Gasteiger partial charge in [0.1, 0.15) is 0 Å². The molecule has 0 aromatic heterocycles. The first-order valence-corrected chi connectivity index (χ1v) is 12.7. The number of hydrogen-bond donors (Lipinski definition) is 2. The van der Waals surface area contributed by atoms with E-state index in [9.17, 15) is 13.2 Å². The highest BCUT2D eigenvalue weighted by Gasteiger charge is 2.17. The lowest BCUT2D eigenvalue weighted by molar-refractivity contribution is 0.0948. The van der Waals surface area contributed by atoms with Crippen molar-refractivity contribution >= 4 is 21.6 Å². The van der Waals surface area contributed by atoms with Crippen molar-refractivity contribution in [2.45, 2.75) is 32.1 Å². The number of rotatable bonds is 9. The smallest absolute Gasteiger partial charge is 0.261 e. The number of anilines is 1. The van der Waals surface area contributed by atoms with E-state index in [-0.39, 0.29) is 10.8 Å². The third-order valence-electron chi connectivity index (χ3n) is 6.03. The van der Waals surface area contributed by atoms with Crippen molar-refractivity contribution in [1.82, 2.24) is 15.1 Å². The summed E-state index contributed by atoms with van der Waals surface area (Å²) in [6, 6.07) is 11.5. The van der Waals surface area contributed by atoms with E-state index < -0.39 is 10.0 Å². The molecule has 0 radical (unpaired) electrons. The summed E-state index contributed by atoms with van der Waals surface area (Å²) in [5.41, 5.74) is 3.08. The first-order chi connectivity index (χ1) is 15.3. The van der Waals surface area contributed by atoms with Crippen molar-refractivity contribution in [2.24, 2.45) is 0 Å². The SMILES string of the molecule is CCN1CCN(CCCNC(=O)c2ccc(S(=O)(=O)Nc3ccc(C)c(C)c3)cc2)CC1. The second-order valence-electron chi connectivity index (χ2n) is 8.31. The van der Waals surface area contributed by atoms with Crippen molar-refractivity contribution < 1.29 is 13.2 Å². The van der Waals surface area contributed by atoms with Gasteiger partial charge in [-0.1, -0.05) is 13.0 Å². The van der Waals surface area contributed by atoms with Gasteiger partial charge in [-0.25, -0.2) is 8.42 Å². The van der Waals surface area contributed by atoms with Gasteiger partial charge < -0.3 is 15.1 Å². The van der Waals surface area contributed by atoms with Crippen LogP contribution in [0, 0.1) is 13.8 Å². The molecule has 3 rings (SSSR count). The van der Waals surface area contributed by atoms with Crippen LogP contribution in [-0.4, -0.2) is 69.9 Å². The average Bonchev–Trinajstić information content (AvgIpc) is 2.79. The van der Waals surface area contributed by atoms with Gasteiger partial charge in [0.25, 0.3) is 15.9 Å². The topological polar surface area (TPSA) is 81.8 Å². The van der Waals surface area contributed by atoms with E-state index >= 15 is 0 Å². The Kier molecular flexibility index (Phi) is 8.28. The summed E-state index contributed by atoms with van der Waals surface area (Å²) >= 11 is 0. The highest BCUT2D eigenvalue weighted by Crippen LogP contribution is 2.19. The van der Waals surface area contributed by atoms with Crippen molar-refractivity contribution in [1.29, 1.82) is 0 Å². The van der Waals surface area contributed by atoms with Crippen LogP contribution >= 0.6 is 0 Å². The molecule has 1 heterocycles. The second-order valence-corrected chi connectivity index (χ2v) is 10.00. The minimum Gasteiger partial charge on any atom is -0.352 e. The van der Waals surface area contributed by atoms with Crippen LogP contribution in [-0.2, 0) is 10.0 Å². The van der Waals surface area contributed by atoms with Crippen molar-refractivity contribution in [3.63, 3.8) is 0 Å². The number of benzene rings is 2. The number of aryl methyl sites for hydroxylation is 2. The largest absolute Gasteiger partial charge is 0.352 e. The Morgan fingerprint density at radius 2 is 1.59 bits per heavy atom. The van der Waals surface area contributed by atoms with Gasteiger partial charge in [0.05, 0.1) is 4.90 Å². The number of carbonyl (C=O) groups is 1. The van der Waals surface area contributed by atoms with E-state index in [4.69, 9.17) is 0 Å². The van der Waals surface area contributed by atoms with Crippen LogP contribution in [0.25, 0.3) is 0 Å². The molecule has 0 bridgehead atoms. The van der Waals surface area contributed by atoms with Gasteiger partial charge in [-0.2, -0.15) is 0 Å². The maximum Gasteiger partial charge on any atom is 0.261 e. The Balaban J connectivity index is 1.47. The highest BCUT2D eigenvalue weighted by molar-refractivity contribution is 7.92. The van der Waals surface area contributed by atoms with Gasteiger partial charge in [-0.3, -0.25) is 9.52 Å². The molecule has 2 aromatic rings. The molecule has 0 aliphatic carbocycles. The summed E-state index contributed by atoms with van der Waals surface area (Å²) in [5, 5.41) is 2.93. The molecule has 1 amide bonds. The molecule has 0 spiro atoms. The Hall–Kier alpha value is -2.42. The average molecular weight is 459 g/mol. The fraction of sp³-hybridized carbons (Fsp3) is 0.458. The molecular weight excluding hydrogens is 424 g/mol. The molecule has 2 N–H and O–H groups in total. The molecule has 7 nitrogen and oxygen atoms in total. The van der Waals surface area contributed by atoms with Gasteiger partial charge in [0.15, 0.2) is 0 Å². The van der Waals surface area contributed by atoms with Gasteiger partial charge >= 0.3 is 0 Å². The minimum absolute atomic E-state index is 0.124. The van der Waals surface area contributed by atoms with Gasteiger partial charge in [0.2, 0.25) is 0 Å². The molecule has 0 saturated carbocycles. The van der Waals surface area contributed by atoms with Crippen LogP contribution in [0.2, 0.25) is 0 Å². The molecule has 8 heteroatoms. The molecular formula is C24H34N4O3S. The summed E-state index contributed by atoms with van der Waals surface area (Å²) in [7, 11) is -3.72. The number of amides is 1. The molecule has 0 unspecified atom stereocenters. The lowest BCUT2D eigenvalue weighted by Gasteiger charge is -2.33. The number of sulfonamides is 1. The van der Waals surface area contributed by atoms with Crippen LogP contribution in [0.4, 0.5) is 5.69 Å². The monoisotopic (exact) mass is 458 g/mol. The first-order valence-electron chi connectivity index (χ1n) is 11.2. The fourth-order valence-corrected chi connectivity index (χ4v) is 4.79. The Labute approximate surface area is 191 Å². The van der Waals surface area contributed by atoms with E-state index in [1.165, 1.54) is 12.1 Å². The Morgan fingerprint density at radius 1 is 0.938 bits per heavy atom. The standard InChI is InChI=1S/C24H34N4O3S/c1-4-27-14-16-28(17-15-27)13-5-12-25-24(29)21-7-10-23(11-8-21)32(30,31)26-22-9-6-19(2)20(3)18-22/h6-11,18,26H,4-5,12-17H2,1-3H3,(H,25,29). The van der Waals surface area contributed by atoms with E-state index in [0.717, 1.165) is 56.8 Å². The predicted molar refractivity (Wildman–Crippen MR) is 129 cm³/mol. The van der Waals surface area contributed by atoms with Crippen LogP contribution in [0.15, 0.2) is 47.4 Å². The molecule has 1 aliphatic heterocycles. The number of likely N-dealkylation sites (N-methyl/N-ethyl adjacent to an activating group) is 1. The number of carbonyl (C=O) groups excluding carboxylic acids is 1. The van der Waals surface area contributed by atoms with E-state index in [1.54, 1.807) is 24.3 Å². The molecule has 32 heavy (non-hydrogen) atoms. The second kappa shape index (κ2) is 10.9. The van der Waals surface area contributed by atoms with Crippen LogP contribution in [0.3, 0.4) is 0 Å². The van der Waals surface area contributed by atoms with Crippen LogP contribution < -0.4 is 10.0 Å². The lowest BCUT2D eigenvalue weighted by Crippen LogP contribution is -2.46. The van der Waals surface area contributed by atoms with Crippen LogP contribution in [0.1, 0.15) is 34.8 Å². The minimum atomic E-state index is -3.72. The fourth-order valence-electron chi connectivity index (χ4n) is 3.74. The van der Waals surface area contributed by atoms with E-state index in [2.05, 4.69) is 26.8 Å². The quantitative estimate of drug-likeness (QED) is 0.565. The zero-order chi connectivity index (χ0) is 23.1. The molecule has 1 fully saturated rings. The lowest BCUT2D eigenvalue weighted by atomic mass is 10.1. The first kappa shape index (κ1) is 24.2. The van der Waals surface area contributed by atoms with Crippen LogP contribution in [0.5, 0.6) is 0 Å². The number of hydrogen-bond acceptors (Lipinski definition) is 5. The Morgan fingerprint density at radius 3 is 2.22 bits per heavy atom. The highest BCUT2D eigenvalue weighted by atomic mass is 32.2. The number of nitrogens with zero attached hydrogens (tertiary/aromatic N) is 2. The van der Waals surface area contributed by atoms with Crippen molar-refractivity contribution in [3.05, 3.63) is 59.2 Å². The molecule has 174 valence electrons. The Bertz CT molecular complexity index is 1010. The third-order valence-corrected chi connectivity index (χ3v) is 7.43. The summed E-state index contributed by atoms with van der Waals surface area (Å²) in [6.07, 6.45) is 0.893. The zero-order valence-electron chi connectivity index (χ0n) is 19.2. The molecule has 1 aliphatic rings. The maximum atomic E-state index is 12.7. The molecule has 0 atom stereocenters. The molecule has 2 aromatic carbocycles. The summed E-state index contributed by atoms with van der Waals surface area (Å²) in [4.78, 5) is 17.4. The maximum absolute atomic E-state index is 12.7. The van der Waals surface area contributed by atoms with E-state index in [1.807, 2.05) is 19.9 Å². The van der Waals surface area contributed by atoms with Crippen molar-refractivity contribution in [3.8, 4) is 0 Å². The summed E-state index contributed by atoms with van der Waals surface area (Å²) < 4.78 is 27.9. The van der Waals surface area contributed by atoms with E-state index in [0.29, 0.717) is 17.8 Å². The molecule has 1 saturated heterocycles. The number of piperazine rings is 1.